The van der Waals surface area contributed by atoms with Gasteiger partial charge in [0.25, 0.3) is 0 Å². The minimum atomic E-state index is -0.548. The van der Waals surface area contributed by atoms with Gasteiger partial charge in [0, 0.05) is 18.7 Å². The van der Waals surface area contributed by atoms with Crippen molar-refractivity contribution in [3.8, 4) is 0 Å². The largest absolute Gasteiger partial charge is 0.444 e. The molecule has 7 heteroatoms. The second kappa shape index (κ2) is 8.80. The van der Waals surface area contributed by atoms with E-state index in [1.54, 1.807) is 49.9 Å². The summed E-state index contributed by atoms with van der Waals surface area (Å²) in [4.78, 5) is 37.7. The monoisotopic (exact) mass is 361 g/mol. The van der Waals surface area contributed by atoms with E-state index in [-0.39, 0.29) is 30.8 Å². The number of alkyl carbamates (subject to hydrolysis) is 1. The predicted octanol–water partition coefficient (Wildman–Crippen LogP) is 1.58. The molecule has 1 aliphatic heterocycles. The predicted molar refractivity (Wildman–Crippen MR) is 98.0 cm³/mol. The van der Waals surface area contributed by atoms with E-state index in [2.05, 4.69) is 10.6 Å². The number of benzene rings is 1. The molecule has 7 nitrogen and oxygen atoms in total. The summed E-state index contributed by atoms with van der Waals surface area (Å²) in [5.41, 5.74) is 0.0724. The molecule has 2 amide bonds. The number of nitrogens with zero attached hydrogens (tertiary/aromatic N) is 1. The molecule has 1 aromatic rings. The molecule has 0 radical (unpaired) electrons. The first kappa shape index (κ1) is 19.9. The summed E-state index contributed by atoms with van der Waals surface area (Å²) in [6.07, 6.45) is 0.219. The maximum atomic E-state index is 12.2. The quantitative estimate of drug-likeness (QED) is 0.751. The van der Waals surface area contributed by atoms with Crippen molar-refractivity contribution in [3.63, 3.8) is 0 Å². The van der Waals surface area contributed by atoms with E-state index in [4.69, 9.17) is 4.74 Å². The van der Waals surface area contributed by atoms with Gasteiger partial charge in [-0.3, -0.25) is 9.59 Å². The van der Waals surface area contributed by atoms with E-state index in [0.29, 0.717) is 25.1 Å². The Kier molecular flexibility index (Phi) is 6.74. The van der Waals surface area contributed by atoms with Gasteiger partial charge in [-0.25, -0.2) is 4.79 Å². The minimum absolute atomic E-state index is 0.0516. The molecule has 1 saturated heterocycles. The molecule has 1 aromatic carbocycles. The van der Waals surface area contributed by atoms with Crippen molar-refractivity contribution in [2.24, 2.45) is 0 Å². The molecule has 0 unspecified atom stereocenters. The van der Waals surface area contributed by atoms with E-state index in [0.717, 1.165) is 0 Å². The Bertz CT molecular complexity index is 640. The number of ketones is 1. The molecular weight excluding hydrogens is 334 g/mol. The normalized spacial score (nSPS) is 17.0. The molecule has 1 atom stereocenters. The number of hydrogen-bond donors (Lipinski definition) is 2. The highest BCUT2D eigenvalue weighted by molar-refractivity contribution is 5.97. The third kappa shape index (κ3) is 6.48. The Balaban J connectivity index is 1.69. The Morgan fingerprint density at radius 3 is 2.50 bits per heavy atom. The second-order valence-corrected chi connectivity index (χ2v) is 7.36. The van der Waals surface area contributed by atoms with E-state index in [1.165, 1.54) is 0 Å². The van der Waals surface area contributed by atoms with Gasteiger partial charge in [-0.05, 0) is 27.2 Å². The number of carbonyl (C=O) groups is 3. The van der Waals surface area contributed by atoms with Crippen LogP contribution in [0.5, 0.6) is 0 Å². The zero-order valence-electron chi connectivity index (χ0n) is 15.6. The Hall–Kier alpha value is -2.41. The molecule has 1 aliphatic rings. The van der Waals surface area contributed by atoms with E-state index >= 15 is 0 Å². The highest BCUT2D eigenvalue weighted by Gasteiger charge is 2.28. The molecule has 2 rings (SSSR count). The van der Waals surface area contributed by atoms with Gasteiger partial charge in [0.15, 0.2) is 5.78 Å². The van der Waals surface area contributed by atoms with Gasteiger partial charge in [-0.1, -0.05) is 30.3 Å². The van der Waals surface area contributed by atoms with Crippen LogP contribution in [0.15, 0.2) is 30.3 Å². The van der Waals surface area contributed by atoms with Crippen molar-refractivity contribution in [3.05, 3.63) is 35.9 Å². The lowest BCUT2D eigenvalue weighted by Gasteiger charge is -2.22. The van der Waals surface area contributed by atoms with Gasteiger partial charge in [0.1, 0.15) is 5.60 Å². The summed E-state index contributed by atoms with van der Waals surface area (Å²) in [6, 6.07) is 8.85. The molecule has 0 spiro atoms. The maximum Gasteiger partial charge on any atom is 0.407 e. The Labute approximate surface area is 154 Å². The van der Waals surface area contributed by atoms with Crippen molar-refractivity contribution >= 4 is 17.8 Å². The Morgan fingerprint density at radius 2 is 1.85 bits per heavy atom. The highest BCUT2D eigenvalue weighted by Crippen LogP contribution is 2.11. The van der Waals surface area contributed by atoms with Crippen molar-refractivity contribution in [1.82, 2.24) is 15.5 Å². The molecule has 26 heavy (non-hydrogen) atoms. The van der Waals surface area contributed by atoms with Gasteiger partial charge in [-0.15, -0.1) is 0 Å². The lowest BCUT2D eigenvalue weighted by atomic mass is 10.1. The number of rotatable bonds is 6. The van der Waals surface area contributed by atoms with Crippen LogP contribution in [0.2, 0.25) is 0 Å². The van der Waals surface area contributed by atoms with Gasteiger partial charge in [0.2, 0.25) is 5.91 Å². The number of likely N-dealkylation sites (tertiary alicyclic amines) is 1. The van der Waals surface area contributed by atoms with E-state index in [9.17, 15) is 14.4 Å². The highest BCUT2D eigenvalue weighted by atomic mass is 16.6. The lowest BCUT2D eigenvalue weighted by molar-refractivity contribution is -0.129. The standard InChI is InChI=1S/C19H27N3O4/c1-19(2,3)26-18(25)21-15-9-10-22(13-15)17(24)12-20-11-16(23)14-7-5-4-6-8-14/h4-8,15,20H,9-13H2,1-3H3,(H,21,25)/t15-/m0/s1. The van der Waals surface area contributed by atoms with Crippen LogP contribution in [-0.4, -0.2) is 60.5 Å². The van der Waals surface area contributed by atoms with Crippen molar-refractivity contribution in [1.29, 1.82) is 0 Å². The van der Waals surface area contributed by atoms with Gasteiger partial charge in [0.05, 0.1) is 19.1 Å². The van der Waals surface area contributed by atoms with Crippen LogP contribution in [0.3, 0.4) is 0 Å². The number of nitrogens with one attached hydrogen (secondary N) is 2. The smallest absolute Gasteiger partial charge is 0.407 e. The number of Topliss-reactive ketones (excluding diaryl/α,β-unsaturated/α-hetero) is 1. The first-order chi connectivity index (χ1) is 12.2. The van der Waals surface area contributed by atoms with Crippen LogP contribution in [-0.2, 0) is 9.53 Å². The first-order valence-electron chi connectivity index (χ1n) is 8.81. The summed E-state index contributed by atoms with van der Waals surface area (Å²) < 4.78 is 5.23. The van der Waals surface area contributed by atoms with Crippen LogP contribution in [0.4, 0.5) is 4.79 Å². The fourth-order valence-electron chi connectivity index (χ4n) is 2.70. The lowest BCUT2D eigenvalue weighted by Crippen LogP contribution is -2.43. The number of ether oxygens (including phenoxy) is 1. The second-order valence-electron chi connectivity index (χ2n) is 7.36. The maximum absolute atomic E-state index is 12.2. The number of hydrogen-bond acceptors (Lipinski definition) is 5. The molecule has 0 aliphatic carbocycles. The molecular formula is C19H27N3O4. The third-order valence-electron chi connectivity index (χ3n) is 3.92. The van der Waals surface area contributed by atoms with Crippen LogP contribution < -0.4 is 10.6 Å². The topological polar surface area (TPSA) is 87.7 Å². The molecule has 142 valence electrons. The number of amides is 2. The SMILES string of the molecule is CC(C)(C)OC(=O)N[C@H]1CCN(C(=O)CNCC(=O)c2ccccc2)C1. The van der Waals surface area contributed by atoms with Crippen LogP contribution >= 0.6 is 0 Å². The van der Waals surface area contributed by atoms with Crippen LogP contribution in [0, 0.1) is 0 Å². The van der Waals surface area contributed by atoms with Crippen molar-refractivity contribution in [2.75, 3.05) is 26.2 Å². The summed E-state index contributed by atoms with van der Waals surface area (Å²) in [5, 5.41) is 5.68. The summed E-state index contributed by atoms with van der Waals surface area (Å²) in [5.74, 6) is -0.136. The van der Waals surface area contributed by atoms with Crippen LogP contribution in [0.1, 0.15) is 37.6 Å². The Morgan fingerprint density at radius 1 is 1.15 bits per heavy atom. The average molecular weight is 361 g/mol. The van der Waals surface area contributed by atoms with Gasteiger partial charge in [-0.2, -0.15) is 0 Å². The van der Waals surface area contributed by atoms with Gasteiger partial charge >= 0.3 is 6.09 Å². The summed E-state index contributed by atoms with van der Waals surface area (Å²) in [7, 11) is 0. The van der Waals surface area contributed by atoms with Gasteiger partial charge < -0.3 is 20.3 Å². The molecule has 0 saturated carbocycles. The molecule has 1 fully saturated rings. The zero-order valence-corrected chi connectivity index (χ0v) is 15.6. The van der Waals surface area contributed by atoms with Crippen LogP contribution in [0.25, 0.3) is 0 Å². The fourth-order valence-corrected chi connectivity index (χ4v) is 2.70. The zero-order chi connectivity index (χ0) is 19.2. The first-order valence-corrected chi connectivity index (χ1v) is 8.81. The molecule has 0 bridgehead atoms. The minimum Gasteiger partial charge on any atom is -0.444 e. The fraction of sp³-hybridized carbons (Fsp3) is 0.526. The number of carbonyl (C=O) groups excluding carboxylic acids is 3. The third-order valence-corrected chi connectivity index (χ3v) is 3.92. The summed E-state index contributed by atoms with van der Waals surface area (Å²) >= 11 is 0. The summed E-state index contributed by atoms with van der Waals surface area (Å²) in [6.45, 7) is 6.65. The average Bonchev–Trinajstić information content (AvgIpc) is 3.02. The molecule has 2 N–H and O–H groups in total. The van der Waals surface area contributed by atoms with Crippen molar-refractivity contribution in [2.45, 2.75) is 38.8 Å². The van der Waals surface area contributed by atoms with Crippen molar-refractivity contribution < 1.29 is 19.1 Å². The molecule has 0 aromatic heterocycles. The molecule has 1 heterocycles. The van der Waals surface area contributed by atoms with E-state index < -0.39 is 11.7 Å². The van der Waals surface area contributed by atoms with E-state index in [1.807, 2.05) is 6.07 Å².